The number of non-ortho nitro benzene ring substituents is 1. The van der Waals surface area contributed by atoms with Crippen molar-refractivity contribution < 1.29 is 19.2 Å². The largest absolute Gasteiger partial charge is 0.484 e. The lowest BCUT2D eigenvalue weighted by molar-refractivity contribution is -0.384. The lowest BCUT2D eigenvalue weighted by atomic mass is 9.97. The van der Waals surface area contributed by atoms with Gasteiger partial charge in [0.1, 0.15) is 5.75 Å². The van der Waals surface area contributed by atoms with Crippen LogP contribution < -0.4 is 10.1 Å². The van der Waals surface area contributed by atoms with Crippen molar-refractivity contribution in [2.75, 3.05) is 18.5 Å². The Hall–Kier alpha value is -3.42. The van der Waals surface area contributed by atoms with Crippen molar-refractivity contribution in [2.24, 2.45) is 0 Å². The Bertz CT molecular complexity index is 897. The fourth-order valence-electron chi connectivity index (χ4n) is 3.05. The lowest BCUT2D eigenvalue weighted by Gasteiger charge is -2.30. The molecule has 0 bridgehead atoms. The van der Waals surface area contributed by atoms with Gasteiger partial charge in [-0.25, -0.2) is 0 Å². The van der Waals surface area contributed by atoms with Crippen LogP contribution >= 0.6 is 0 Å². The smallest absolute Gasteiger partial charge is 0.273 e. The maximum atomic E-state index is 12.5. The topological polar surface area (TPSA) is 102 Å². The van der Waals surface area contributed by atoms with E-state index >= 15 is 0 Å². The predicted octanol–water partition coefficient (Wildman–Crippen LogP) is 2.52. The normalized spacial score (nSPS) is 12.9. The van der Waals surface area contributed by atoms with Crippen LogP contribution in [0.3, 0.4) is 0 Å². The van der Waals surface area contributed by atoms with Gasteiger partial charge < -0.3 is 15.0 Å². The van der Waals surface area contributed by atoms with E-state index in [1.54, 1.807) is 11.0 Å². The Labute approximate surface area is 155 Å². The van der Waals surface area contributed by atoms with Crippen molar-refractivity contribution in [1.29, 1.82) is 0 Å². The molecule has 8 heteroatoms. The fourth-order valence-corrected chi connectivity index (χ4v) is 3.05. The van der Waals surface area contributed by atoms with Crippen molar-refractivity contribution in [3.63, 3.8) is 0 Å². The van der Waals surface area contributed by atoms with Gasteiger partial charge in [0.2, 0.25) is 5.91 Å². The highest BCUT2D eigenvalue weighted by molar-refractivity contribution is 5.90. The van der Waals surface area contributed by atoms with E-state index in [1.165, 1.54) is 25.1 Å². The van der Waals surface area contributed by atoms with Crippen LogP contribution in [0.2, 0.25) is 0 Å². The number of amides is 2. The van der Waals surface area contributed by atoms with E-state index in [0.717, 1.165) is 16.8 Å². The minimum absolute atomic E-state index is 0.0858. The number of rotatable bonds is 5. The zero-order valence-corrected chi connectivity index (χ0v) is 14.8. The lowest BCUT2D eigenvalue weighted by Crippen LogP contribution is -2.39. The second-order valence-electron chi connectivity index (χ2n) is 6.23. The molecule has 140 valence electrons. The standard InChI is InChI=1S/C19H19N3O5/c1-13(23)20-18-7-2-4-14-11-21(9-8-17(14)18)19(24)12-27-16-6-3-5-15(10-16)22(25)26/h2-7,10H,8-9,11-12H2,1H3,(H,20,23). The number of carbonyl (C=O) groups is 2. The molecule has 0 saturated heterocycles. The molecule has 8 nitrogen and oxygen atoms in total. The summed E-state index contributed by atoms with van der Waals surface area (Å²) >= 11 is 0. The molecule has 1 aliphatic rings. The van der Waals surface area contributed by atoms with Crippen LogP contribution in [0.1, 0.15) is 18.1 Å². The molecule has 2 aromatic rings. The highest BCUT2D eigenvalue weighted by atomic mass is 16.6. The molecule has 0 radical (unpaired) electrons. The zero-order valence-electron chi connectivity index (χ0n) is 14.8. The first-order chi connectivity index (χ1) is 12.9. The summed E-state index contributed by atoms with van der Waals surface area (Å²) in [7, 11) is 0. The van der Waals surface area contributed by atoms with E-state index in [0.29, 0.717) is 19.5 Å². The van der Waals surface area contributed by atoms with Gasteiger partial charge in [-0.05, 0) is 29.7 Å². The predicted molar refractivity (Wildman–Crippen MR) is 98.5 cm³/mol. The van der Waals surface area contributed by atoms with E-state index in [-0.39, 0.29) is 29.9 Å². The molecule has 1 aliphatic heterocycles. The minimum Gasteiger partial charge on any atom is -0.484 e. The number of ether oxygens (including phenoxy) is 1. The highest BCUT2D eigenvalue weighted by Gasteiger charge is 2.23. The van der Waals surface area contributed by atoms with Crippen molar-refractivity contribution >= 4 is 23.2 Å². The Morgan fingerprint density at radius 3 is 2.78 bits per heavy atom. The fraction of sp³-hybridized carbons (Fsp3) is 0.263. The van der Waals surface area contributed by atoms with Gasteiger partial charge in [0.05, 0.1) is 11.0 Å². The Balaban J connectivity index is 1.63. The Kier molecular flexibility index (Phi) is 5.35. The third-order valence-electron chi connectivity index (χ3n) is 4.32. The van der Waals surface area contributed by atoms with Crippen molar-refractivity contribution in [1.82, 2.24) is 4.90 Å². The summed E-state index contributed by atoms with van der Waals surface area (Å²) in [5, 5.41) is 13.6. The molecule has 1 N–H and O–H groups in total. The van der Waals surface area contributed by atoms with Crippen molar-refractivity contribution in [2.45, 2.75) is 19.9 Å². The molecule has 0 unspecified atom stereocenters. The molecule has 0 spiro atoms. The summed E-state index contributed by atoms with van der Waals surface area (Å²) in [5.74, 6) is -0.0488. The van der Waals surface area contributed by atoms with Gasteiger partial charge in [-0.2, -0.15) is 0 Å². The maximum absolute atomic E-state index is 12.5. The third kappa shape index (κ3) is 4.41. The van der Waals surface area contributed by atoms with Gasteiger partial charge in [-0.3, -0.25) is 19.7 Å². The molecule has 0 aliphatic carbocycles. The number of nitrogens with zero attached hydrogens (tertiary/aromatic N) is 2. The number of carbonyl (C=O) groups excluding carboxylic acids is 2. The van der Waals surface area contributed by atoms with Crippen LogP contribution in [0.15, 0.2) is 42.5 Å². The van der Waals surface area contributed by atoms with Crippen LogP contribution in [-0.4, -0.2) is 34.8 Å². The average molecular weight is 369 g/mol. The Morgan fingerprint density at radius 1 is 1.26 bits per heavy atom. The number of anilines is 1. The van der Waals surface area contributed by atoms with Gasteiger partial charge >= 0.3 is 0 Å². The van der Waals surface area contributed by atoms with Crippen LogP contribution in [0, 0.1) is 10.1 Å². The molecule has 0 aromatic heterocycles. The van der Waals surface area contributed by atoms with Crippen LogP contribution in [0.4, 0.5) is 11.4 Å². The third-order valence-corrected chi connectivity index (χ3v) is 4.32. The van der Waals surface area contributed by atoms with Gasteiger partial charge in [-0.15, -0.1) is 0 Å². The van der Waals surface area contributed by atoms with E-state index in [4.69, 9.17) is 4.74 Å². The first-order valence-electron chi connectivity index (χ1n) is 8.47. The first-order valence-corrected chi connectivity index (χ1v) is 8.47. The molecule has 2 amide bonds. The van der Waals surface area contributed by atoms with E-state index in [9.17, 15) is 19.7 Å². The van der Waals surface area contributed by atoms with E-state index < -0.39 is 4.92 Å². The van der Waals surface area contributed by atoms with Crippen molar-refractivity contribution in [3.05, 3.63) is 63.7 Å². The second kappa shape index (κ2) is 7.86. The number of hydrogen-bond acceptors (Lipinski definition) is 5. The van der Waals surface area contributed by atoms with Gasteiger partial charge in [0.25, 0.3) is 11.6 Å². The molecule has 0 saturated carbocycles. The number of nitro benzene ring substituents is 1. The van der Waals surface area contributed by atoms with Gasteiger partial charge in [-0.1, -0.05) is 18.2 Å². The monoisotopic (exact) mass is 369 g/mol. The van der Waals surface area contributed by atoms with Crippen LogP contribution in [-0.2, 0) is 22.6 Å². The van der Waals surface area contributed by atoms with Crippen LogP contribution in [0.5, 0.6) is 5.75 Å². The molecule has 2 aromatic carbocycles. The summed E-state index contributed by atoms with van der Waals surface area (Å²) in [6, 6.07) is 11.4. The first kappa shape index (κ1) is 18.4. The summed E-state index contributed by atoms with van der Waals surface area (Å²) < 4.78 is 5.42. The minimum atomic E-state index is -0.511. The molecule has 1 heterocycles. The van der Waals surface area contributed by atoms with E-state index in [2.05, 4.69) is 5.32 Å². The van der Waals surface area contributed by atoms with Gasteiger partial charge in [0, 0.05) is 31.8 Å². The summed E-state index contributed by atoms with van der Waals surface area (Å²) in [6.45, 7) is 2.21. The number of fused-ring (bicyclic) bond motifs is 1. The number of nitro groups is 1. The SMILES string of the molecule is CC(=O)Nc1cccc2c1CCN(C(=O)COc1cccc([N+](=O)[O-])c1)C2. The molecule has 3 rings (SSSR count). The number of hydrogen-bond donors (Lipinski definition) is 1. The summed E-state index contributed by atoms with van der Waals surface area (Å²) in [5.41, 5.74) is 2.71. The highest BCUT2D eigenvalue weighted by Crippen LogP contribution is 2.26. The maximum Gasteiger partial charge on any atom is 0.273 e. The van der Waals surface area contributed by atoms with Gasteiger partial charge in [0.15, 0.2) is 6.61 Å². The molecular formula is C19H19N3O5. The zero-order chi connectivity index (χ0) is 19.4. The molecular weight excluding hydrogens is 350 g/mol. The Morgan fingerprint density at radius 2 is 2.04 bits per heavy atom. The molecule has 0 fully saturated rings. The molecule has 27 heavy (non-hydrogen) atoms. The average Bonchev–Trinajstić information content (AvgIpc) is 2.65. The number of nitrogens with one attached hydrogen (secondary N) is 1. The molecule has 0 atom stereocenters. The second-order valence-corrected chi connectivity index (χ2v) is 6.23. The number of benzene rings is 2. The van der Waals surface area contributed by atoms with Crippen molar-refractivity contribution in [3.8, 4) is 5.75 Å². The van der Waals surface area contributed by atoms with E-state index in [1.807, 2.05) is 18.2 Å². The summed E-state index contributed by atoms with van der Waals surface area (Å²) in [6.07, 6.45) is 0.633. The quantitative estimate of drug-likeness (QED) is 0.644. The van der Waals surface area contributed by atoms with Crippen LogP contribution in [0.25, 0.3) is 0 Å². The summed E-state index contributed by atoms with van der Waals surface area (Å²) in [4.78, 5) is 35.7.